The lowest BCUT2D eigenvalue weighted by atomic mass is 10.2. The normalized spacial score (nSPS) is 11.5. The van der Waals surface area contributed by atoms with Crippen LogP contribution in [0.25, 0.3) is 5.69 Å². The standard InChI is InChI=1S/C12H3Cl2F5N4O3/c13-5-1-4(12(17,18)19)2-6(14)8(5)22-10(23(24)25)9(26-11(15)16)7(3-20)21-22/h1-2,11H. The maximum absolute atomic E-state index is 12.8. The first-order valence-electron chi connectivity index (χ1n) is 6.16. The number of halogens is 7. The minimum absolute atomic E-state index is 0.251. The molecule has 2 aromatic rings. The summed E-state index contributed by atoms with van der Waals surface area (Å²) in [6, 6.07) is 2.12. The van der Waals surface area contributed by atoms with Crippen molar-refractivity contribution in [3.8, 4) is 17.5 Å². The molecule has 138 valence electrons. The third-order valence-electron chi connectivity index (χ3n) is 2.86. The van der Waals surface area contributed by atoms with Gasteiger partial charge in [0, 0.05) is 0 Å². The van der Waals surface area contributed by atoms with E-state index >= 15 is 0 Å². The molecule has 0 saturated heterocycles. The summed E-state index contributed by atoms with van der Waals surface area (Å²) in [5, 5.41) is 22.1. The molecule has 0 fully saturated rings. The Kier molecular flexibility index (Phi) is 5.24. The van der Waals surface area contributed by atoms with Crippen LogP contribution in [0.4, 0.5) is 27.8 Å². The Morgan fingerprint density at radius 3 is 2.23 bits per heavy atom. The van der Waals surface area contributed by atoms with Crippen LogP contribution in [-0.2, 0) is 6.18 Å². The smallest absolute Gasteiger partial charge is 0.416 e. The minimum Gasteiger partial charge on any atom is -0.422 e. The van der Waals surface area contributed by atoms with E-state index < -0.39 is 56.3 Å². The van der Waals surface area contributed by atoms with Gasteiger partial charge in [0.25, 0.3) is 5.75 Å². The quantitative estimate of drug-likeness (QED) is 0.413. The Bertz CT molecular complexity index is 900. The molecule has 1 aromatic carbocycles. The molecule has 0 amide bonds. The Morgan fingerprint density at radius 2 is 1.85 bits per heavy atom. The van der Waals surface area contributed by atoms with Gasteiger partial charge in [-0.05, 0) is 17.1 Å². The summed E-state index contributed by atoms with van der Waals surface area (Å²) in [6.07, 6.45) is -4.82. The van der Waals surface area contributed by atoms with E-state index in [9.17, 15) is 32.1 Å². The first-order chi connectivity index (χ1) is 12.0. The monoisotopic (exact) mass is 416 g/mol. The Morgan fingerprint density at radius 1 is 1.31 bits per heavy atom. The average molecular weight is 417 g/mol. The predicted octanol–water partition coefficient (Wildman–Crippen LogP) is 4.58. The summed E-state index contributed by atoms with van der Waals surface area (Å²) >= 11 is 11.4. The molecule has 1 heterocycles. The van der Waals surface area contributed by atoms with Crippen molar-refractivity contribution >= 4 is 29.0 Å². The minimum atomic E-state index is -4.82. The van der Waals surface area contributed by atoms with Gasteiger partial charge in [-0.25, -0.2) is 0 Å². The molecule has 0 radical (unpaired) electrons. The van der Waals surface area contributed by atoms with Gasteiger partial charge < -0.3 is 14.9 Å². The highest BCUT2D eigenvalue weighted by Gasteiger charge is 2.37. The van der Waals surface area contributed by atoms with Gasteiger partial charge in [0.2, 0.25) is 5.69 Å². The number of hydrogen-bond acceptors (Lipinski definition) is 5. The van der Waals surface area contributed by atoms with Gasteiger partial charge in [0.1, 0.15) is 6.07 Å². The van der Waals surface area contributed by atoms with Crippen LogP contribution in [0.3, 0.4) is 0 Å². The fraction of sp³-hybridized carbons (Fsp3) is 0.167. The van der Waals surface area contributed by atoms with Gasteiger partial charge in [-0.3, -0.25) is 0 Å². The van der Waals surface area contributed by atoms with Crippen LogP contribution in [0.15, 0.2) is 12.1 Å². The van der Waals surface area contributed by atoms with E-state index in [2.05, 4.69) is 9.84 Å². The Hall–Kier alpha value is -2.65. The molecule has 14 heteroatoms. The highest BCUT2D eigenvalue weighted by atomic mass is 35.5. The van der Waals surface area contributed by atoms with Gasteiger partial charge in [0.05, 0.1) is 15.6 Å². The number of benzene rings is 1. The SMILES string of the molecule is N#Cc1nn(-c2c(Cl)cc(C(F)(F)F)cc2Cl)c([N+](=O)[O-])c1OC(F)F. The lowest BCUT2D eigenvalue weighted by Crippen LogP contribution is -2.09. The van der Waals surface area contributed by atoms with Crippen molar-refractivity contribution in [1.29, 1.82) is 5.26 Å². The first kappa shape index (κ1) is 19.7. The molecular weight excluding hydrogens is 414 g/mol. The molecule has 0 aliphatic carbocycles. The summed E-state index contributed by atoms with van der Waals surface area (Å²) in [5.74, 6) is -2.44. The van der Waals surface area contributed by atoms with Crippen LogP contribution in [-0.4, -0.2) is 21.3 Å². The second kappa shape index (κ2) is 6.93. The molecule has 0 unspecified atom stereocenters. The number of rotatable bonds is 4. The zero-order valence-electron chi connectivity index (χ0n) is 11.9. The third kappa shape index (κ3) is 3.63. The van der Waals surface area contributed by atoms with Crippen LogP contribution in [0.5, 0.6) is 5.75 Å². The van der Waals surface area contributed by atoms with Crippen LogP contribution >= 0.6 is 23.2 Å². The fourth-order valence-electron chi connectivity index (χ4n) is 1.91. The van der Waals surface area contributed by atoms with E-state index in [4.69, 9.17) is 28.5 Å². The molecular formula is C12H3Cl2F5N4O3. The number of nitrogens with zero attached hydrogens (tertiary/aromatic N) is 4. The average Bonchev–Trinajstić information content (AvgIpc) is 2.83. The van der Waals surface area contributed by atoms with E-state index in [1.807, 2.05) is 0 Å². The summed E-state index contributed by atoms with van der Waals surface area (Å²) < 4.78 is 67.4. The fourth-order valence-corrected chi connectivity index (χ4v) is 2.56. The van der Waals surface area contributed by atoms with Crippen LogP contribution < -0.4 is 4.74 Å². The zero-order chi connectivity index (χ0) is 19.8. The van der Waals surface area contributed by atoms with E-state index in [0.29, 0.717) is 12.1 Å². The van der Waals surface area contributed by atoms with Crippen molar-refractivity contribution in [2.45, 2.75) is 12.8 Å². The van der Waals surface area contributed by atoms with E-state index in [0.717, 1.165) is 0 Å². The maximum atomic E-state index is 12.8. The van der Waals surface area contributed by atoms with E-state index in [1.54, 1.807) is 0 Å². The largest absolute Gasteiger partial charge is 0.422 e. The molecule has 2 rings (SSSR count). The van der Waals surface area contributed by atoms with Crippen molar-refractivity contribution in [2.75, 3.05) is 0 Å². The second-order valence-corrected chi connectivity index (χ2v) is 5.26. The first-order valence-corrected chi connectivity index (χ1v) is 6.91. The topological polar surface area (TPSA) is 94.0 Å². The number of aromatic nitrogens is 2. The Balaban J connectivity index is 2.79. The van der Waals surface area contributed by atoms with Crippen molar-refractivity contribution < 1.29 is 31.6 Å². The molecule has 0 saturated carbocycles. The summed E-state index contributed by atoms with van der Waals surface area (Å²) in [7, 11) is 0. The zero-order valence-corrected chi connectivity index (χ0v) is 13.4. The molecule has 7 nitrogen and oxygen atoms in total. The molecule has 26 heavy (non-hydrogen) atoms. The maximum Gasteiger partial charge on any atom is 0.416 e. The molecule has 0 aliphatic rings. The lowest BCUT2D eigenvalue weighted by Gasteiger charge is -2.10. The predicted molar refractivity (Wildman–Crippen MR) is 76.6 cm³/mol. The number of alkyl halides is 5. The molecule has 1 aromatic heterocycles. The highest BCUT2D eigenvalue weighted by Crippen LogP contribution is 2.41. The van der Waals surface area contributed by atoms with Crippen molar-refractivity contribution in [3.63, 3.8) is 0 Å². The Labute approximate surface area is 150 Å². The van der Waals surface area contributed by atoms with Gasteiger partial charge >= 0.3 is 18.6 Å². The molecule has 0 spiro atoms. The summed E-state index contributed by atoms with van der Waals surface area (Å²) in [4.78, 5) is 9.99. The van der Waals surface area contributed by atoms with Gasteiger partial charge in [-0.15, -0.1) is 0 Å². The molecule has 0 bridgehead atoms. The van der Waals surface area contributed by atoms with Gasteiger partial charge in [-0.2, -0.15) is 27.2 Å². The van der Waals surface area contributed by atoms with Crippen molar-refractivity contribution in [2.24, 2.45) is 0 Å². The van der Waals surface area contributed by atoms with E-state index in [-0.39, 0.29) is 4.68 Å². The van der Waals surface area contributed by atoms with E-state index in [1.165, 1.54) is 6.07 Å². The van der Waals surface area contributed by atoms with Crippen molar-refractivity contribution in [3.05, 3.63) is 43.5 Å². The third-order valence-corrected chi connectivity index (χ3v) is 3.44. The van der Waals surface area contributed by atoms with Crippen molar-refractivity contribution in [1.82, 2.24) is 9.78 Å². The highest BCUT2D eigenvalue weighted by molar-refractivity contribution is 6.37. The molecule has 0 aliphatic heterocycles. The summed E-state index contributed by atoms with van der Waals surface area (Å²) in [5.41, 5.74) is -2.78. The van der Waals surface area contributed by atoms with Crippen LogP contribution in [0.2, 0.25) is 10.0 Å². The van der Waals surface area contributed by atoms with Crippen LogP contribution in [0, 0.1) is 21.4 Å². The second-order valence-electron chi connectivity index (χ2n) is 4.45. The van der Waals surface area contributed by atoms with Crippen LogP contribution in [0.1, 0.15) is 11.3 Å². The number of nitriles is 1. The molecule has 0 N–H and O–H groups in total. The number of ether oxygens (including phenoxy) is 1. The summed E-state index contributed by atoms with van der Waals surface area (Å²) in [6.45, 7) is -3.53. The number of hydrogen-bond donors (Lipinski definition) is 0. The van der Waals surface area contributed by atoms with Gasteiger partial charge in [0.15, 0.2) is 5.69 Å². The van der Waals surface area contributed by atoms with Gasteiger partial charge in [-0.1, -0.05) is 33.0 Å². The number of nitro groups is 1. The lowest BCUT2D eigenvalue weighted by molar-refractivity contribution is -0.392. The molecule has 0 atom stereocenters.